The zero-order chi connectivity index (χ0) is 7.61. The molecule has 3 nitrogen and oxygen atoms in total. The molecular formula is C7H17N3. The lowest BCUT2D eigenvalue weighted by molar-refractivity contribution is 0.299. The zero-order valence-electron chi connectivity index (χ0n) is 6.85. The van der Waals surface area contributed by atoms with Gasteiger partial charge in [-0.1, -0.05) is 0 Å². The van der Waals surface area contributed by atoms with Crippen molar-refractivity contribution >= 4 is 0 Å². The number of hydrogen-bond donors (Lipinski definition) is 2. The molecule has 0 aromatic carbocycles. The molecule has 1 heterocycles. The van der Waals surface area contributed by atoms with Crippen molar-refractivity contribution in [3.8, 4) is 0 Å². The largest absolute Gasteiger partial charge is 0.323 e. The van der Waals surface area contributed by atoms with E-state index in [0.717, 1.165) is 26.1 Å². The molecule has 0 aromatic heterocycles. The lowest BCUT2D eigenvalue weighted by atomic mass is 10.0. The van der Waals surface area contributed by atoms with Gasteiger partial charge in [0.1, 0.15) is 0 Å². The number of rotatable bonds is 2. The van der Waals surface area contributed by atoms with E-state index in [0.29, 0.717) is 0 Å². The topological polar surface area (TPSA) is 41.3 Å². The van der Waals surface area contributed by atoms with Crippen LogP contribution in [0.5, 0.6) is 0 Å². The summed E-state index contributed by atoms with van der Waals surface area (Å²) in [4.78, 5) is 2.15. The van der Waals surface area contributed by atoms with Gasteiger partial charge in [-0.3, -0.25) is 0 Å². The van der Waals surface area contributed by atoms with Crippen LogP contribution in [0.4, 0.5) is 0 Å². The van der Waals surface area contributed by atoms with Crippen molar-refractivity contribution in [2.45, 2.75) is 12.0 Å². The Bertz CT molecular complexity index is 105. The summed E-state index contributed by atoms with van der Waals surface area (Å²) in [6.07, 6.45) is 1.10. The third kappa shape index (κ3) is 1.94. The van der Waals surface area contributed by atoms with E-state index in [4.69, 9.17) is 5.73 Å². The van der Waals surface area contributed by atoms with Gasteiger partial charge in [-0.25, -0.2) is 0 Å². The molecule has 1 aliphatic heterocycles. The third-order valence-electron chi connectivity index (χ3n) is 1.91. The normalized spacial score (nSPS) is 33.6. The van der Waals surface area contributed by atoms with Gasteiger partial charge in [-0.15, -0.1) is 0 Å². The van der Waals surface area contributed by atoms with Crippen molar-refractivity contribution in [2.24, 2.45) is 5.73 Å². The Hall–Kier alpha value is -0.120. The Morgan fingerprint density at radius 3 is 2.70 bits per heavy atom. The first-order chi connectivity index (χ1) is 4.62. The maximum absolute atomic E-state index is 6.06. The molecule has 0 aliphatic carbocycles. The van der Waals surface area contributed by atoms with Crippen LogP contribution >= 0.6 is 0 Å². The first kappa shape index (κ1) is 7.98. The second kappa shape index (κ2) is 2.86. The lowest BCUT2D eigenvalue weighted by Crippen LogP contribution is -2.49. The molecule has 1 atom stereocenters. The molecule has 1 saturated heterocycles. The smallest absolute Gasteiger partial charge is 0.0421 e. The molecule has 1 fully saturated rings. The van der Waals surface area contributed by atoms with E-state index in [2.05, 4.69) is 24.3 Å². The molecule has 60 valence electrons. The van der Waals surface area contributed by atoms with Gasteiger partial charge < -0.3 is 16.0 Å². The summed E-state index contributed by atoms with van der Waals surface area (Å²) in [7, 11) is 4.12. The maximum atomic E-state index is 6.06. The first-order valence-electron chi connectivity index (χ1n) is 3.77. The number of hydrogen-bond acceptors (Lipinski definition) is 3. The van der Waals surface area contributed by atoms with Gasteiger partial charge in [-0.2, -0.15) is 0 Å². The van der Waals surface area contributed by atoms with Crippen LogP contribution in [0.3, 0.4) is 0 Å². The summed E-state index contributed by atoms with van der Waals surface area (Å²) in [5, 5.41) is 3.27. The van der Waals surface area contributed by atoms with E-state index in [1.165, 1.54) is 0 Å². The van der Waals surface area contributed by atoms with Gasteiger partial charge in [0.15, 0.2) is 0 Å². The maximum Gasteiger partial charge on any atom is 0.0421 e. The Balaban J connectivity index is 2.36. The van der Waals surface area contributed by atoms with Crippen molar-refractivity contribution in [2.75, 3.05) is 33.7 Å². The molecule has 3 N–H and O–H groups in total. The van der Waals surface area contributed by atoms with Crippen LogP contribution < -0.4 is 11.1 Å². The van der Waals surface area contributed by atoms with Gasteiger partial charge in [0, 0.05) is 18.6 Å². The van der Waals surface area contributed by atoms with Gasteiger partial charge in [-0.05, 0) is 27.1 Å². The molecule has 0 amide bonds. The Labute approximate surface area is 62.6 Å². The highest BCUT2D eigenvalue weighted by atomic mass is 15.1. The average Bonchev–Trinajstić information content (AvgIpc) is 2.12. The van der Waals surface area contributed by atoms with E-state index in [1.807, 2.05) is 0 Å². The van der Waals surface area contributed by atoms with Crippen LogP contribution in [-0.4, -0.2) is 44.2 Å². The van der Waals surface area contributed by atoms with E-state index < -0.39 is 0 Å². The van der Waals surface area contributed by atoms with Crippen molar-refractivity contribution in [1.29, 1.82) is 0 Å². The predicted molar refractivity (Wildman–Crippen MR) is 43.0 cm³/mol. The molecule has 1 rings (SSSR count). The Morgan fingerprint density at radius 2 is 2.30 bits per heavy atom. The molecule has 10 heavy (non-hydrogen) atoms. The van der Waals surface area contributed by atoms with Gasteiger partial charge in [0.05, 0.1) is 0 Å². The van der Waals surface area contributed by atoms with Crippen molar-refractivity contribution in [3.63, 3.8) is 0 Å². The predicted octanol–water partition coefficient (Wildman–Crippen LogP) is -0.761. The monoisotopic (exact) mass is 143 g/mol. The number of nitrogens with one attached hydrogen (secondary N) is 1. The van der Waals surface area contributed by atoms with Crippen LogP contribution in [0.2, 0.25) is 0 Å². The van der Waals surface area contributed by atoms with Crippen molar-refractivity contribution < 1.29 is 0 Å². The van der Waals surface area contributed by atoms with Crippen molar-refractivity contribution in [1.82, 2.24) is 10.2 Å². The molecule has 0 spiro atoms. The highest BCUT2D eigenvalue weighted by molar-refractivity contribution is 4.94. The Kier molecular flexibility index (Phi) is 2.28. The van der Waals surface area contributed by atoms with E-state index in [9.17, 15) is 0 Å². The molecule has 1 aliphatic rings. The number of nitrogens with two attached hydrogens (primary N) is 1. The summed E-state index contributed by atoms with van der Waals surface area (Å²) < 4.78 is 0. The van der Waals surface area contributed by atoms with Gasteiger partial charge >= 0.3 is 0 Å². The van der Waals surface area contributed by atoms with Crippen LogP contribution in [0.25, 0.3) is 0 Å². The highest BCUT2D eigenvalue weighted by Crippen LogP contribution is 2.10. The Morgan fingerprint density at radius 1 is 1.60 bits per heavy atom. The van der Waals surface area contributed by atoms with Crippen LogP contribution in [0.1, 0.15) is 6.42 Å². The standard InChI is InChI=1S/C7H17N3/c1-10(2)6-7(8)3-4-9-5-7/h9H,3-6,8H2,1-2H3. The second-order valence-corrected chi connectivity index (χ2v) is 3.53. The molecule has 0 saturated carbocycles. The molecular weight excluding hydrogens is 126 g/mol. The molecule has 3 heteroatoms. The third-order valence-corrected chi connectivity index (χ3v) is 1.91. The fourth-order valence-corrected chi connectivity index (χ4v) is 1.53. The van der Waals surface area contributed by atoms with Crippen LogP contribution in [0, 0.1) is 0 Å². The second-order valence-electron chi connectivity index (χ2n) is 3.53. The lowest BCUT2D eigenvalue weighted by Gasteiger charge is -2.26. The summed E-state index contributed by atoms with van der Waals surface area (Å²) in [5.41, 5.74) is 6.09. The highest BCUT2D eigenvalue weighted by Gasteiger charge is 2.29. The molecule has 0 radical (unpaired) electrons. The summed E-state index contributed by atoms with van der Waals surface area (Å²) in [5.74, 6) is 0. The number of likely N-dealkylation sites (N-methyl/N-ethyl adjacent to an activating group) is 1. The number of nitrogens with zero attached hydrogens (tertiary/aromatic N) is 1. The molecule has 1 unspecified atom stereocenters. The summed E-state index contributed by atoms with van der Waals surface area (Å²) in [6, 6.07) is 0. The minimum absolute atomic E-state index is 0.0313. The average molecular weight is 143 g/mol. The zero-order valence-corrected chi connectivity index (χ0v) is 6.85. The van der Waals surface area contributed by atoms with Gasteiger partial charge in [0.25, 0.3) is 0 Å². The molecule has 0 aromatic rings. The minimum Gasteiger partial charge on any atom is -0.323 e. The van der Waals surface area contributed by atoms with E-state index in [-0.39, 0.29) is 5.54 Å². The quantitative estimate of drug-likeness (QED) is 0.534. The fourth-order valence-electron chi connectivity index (χ4n) is 1.53. The summed E-state index contributed by atoms with van der Waals surface area (Å²) in [6.45, 7) is 3.02. The van der Waals surface area contributed by atoms with E-state index in [1.54, 1.807) is 0 Å². The minimum atomic E-state index is 0.0313. The summed E-state index contributed by atoms with van der Waals surface area (Å²) >= 11 is 0. The van der Waals surface area contributed by atoms with Crippen LogP contribution in [-0.2, 0) is 0 Å². The molecule has 0 bridgehead atoms. The SMILES string of the molecule is CN(C)CC1(N)CCNC1. The first-order valence-corrected chi connectivity index (χ1v) is 3.77. The van der Waals surface area contributed by atoms with E-state index >= 15 is 0 Å². The van der Waals surface area contributed by atoms with Gasteiger partial charge in [0.2, 0.25) is 0 Å². The fraction of sp³-hybridized carbons (Fsp3) is 1.00. The van der Waals surface area contributed by atoms with Crippen LogP contribution in [0.15, 0.2) is 0 Å². The van der Waals surface area contributed by atoms with Crippen molar-refractivity contribution in [3.05, 3.63) is 0 Å².